The van der Waals surface area contributed by atoms with E-state index in [1.807, 2.05) is 30.3 Å². The van der Waals surface area contributed by atoms with Gasteiger partial charge in [0.25, 0.3) is 10.0 Å². The minimum Gasteiger partial charge on any atom is -0.497 e. The average molecular weight is 655 g/mol. The van der Waals surface area contributed by atoms with E-state index in [1.54, 1.807) is 67.6 Å². The fourth-order valence-electron chi connectivity index (χ4n) is 4.69. The standard InChI is InChI=1S/C33H33Cl2N3O5S/c1-3-36-33(40)31(19-24-11-6-4-7-12-24)37(22-25-17-18-26(34)20-30(25)35)32(39)23-38(27-13-10-14-28(21-27)43-2)44(41,42)29-15-8-5-9-16-29/h4-18,20-21,31H,3,19,22-23H2,1-2H3,(H,36,40)/t31-/m1/s1. The Labute approximate surface area is 268 Å². The summed E-state index contributed by atoms with van der Waals surface area (Å²) in [5.74, 6) is -0.573. The number of nitrogens with one attached hydrogen (secondary N) is 1. The van der Waals surface area contributed by atoms with Crippen molar-refractivity contribution in [2.75, 3.05) is 24.5 Å². The molecule has 0 aliphatic carbocycles. The first-order chi connectivity index (χ1) is 21.1. The molecule has 0 fully saturated rings. The minimum atomic E-state index is -4.22. The van der Waals surface area contributed by atoms with Gasteiger partial charge in [-0.1, -0.05) is 83.9 Å². The quantitative estimate of drug-likeness (QED) is 0.192. The molecule has 230 valence electrons. The molecule has 0 bridgehead atoms. The van der Waals surface area contributed by atoms with Crippen molar-refractivity contribution >= 4 is 50.7 Å². The van der Waals surface area contributed by atoms with Gasteiger partial charge in [-0.3, -0.25) is 13.9 Å². The maximum atomic E-state index is 14.4. The Morgan fingerprint density at radius 1 is 0.886 bits per heavy atom. The van der Waals surface area contributed by atoms with Gasteiger partial charge in [0, 0.05) is 35.6 Å². The van der Waals surface area contributed by atoms with E-state index in [-0.39, 0.29) is 29.5 Å². The first-order valence-electron chi connectivity index (χ1n) is 13.9. The van der Waals surface area contributed by atoms with Gasteiger partial charge in [-0.25, -0.2) is 8.42 Å². The molecule has 4 rings (SSSR count). The molecular formula is C33H33Cl2N3O5S. The molecule has 0 aliphatic heterocycles. The van der Waals surface area contributed by atoms with Crippen LogP contribution in [0.5, 0.6) is 5.75 Å². The van der Waals surface area contributed by atoms with Crippen LogP contribution in [-0.4, -0.2) is 51.4 Å². The largest absolute Gasteiger partial charge is 0.497 e. The lowest BCUT2D eigenvalue weighted by Gasteiger charge is -2.34. The molecule has 4 aromatic carbocycles. The van der Waals surface area contributed by atoms with E-state index in [0.29, 0.717) is 27.9 Å². The van der Waals surface area contributed by atoms with Gasteiger partial charge in [0.15, 0.2) is 0 Å². The van der Waals surface area contributed by atoms with E-state index < -0.39 is 28.5 Å². The van der Waals surface area contributed by atoms with E-state index in [4.69, 9.17) is 27.9 Å². The third-order valence-corrected chi connectivity index (χ3v) is 9.30. The predicted molar refractivity (Wildman–Crippen MR) is 174 cm³/mol. The predicted octanol–water partition coefficient (Wildman–Crippen LogP) is 5.97. The minimum absolute atomic E-state index is 0.00692. The van der Waals surface area contributed by atoms with Crippen molar-refractivity contribution in [3.05, 3.63) is 124 Å². The van der Waals surface area contributed by atoms with Gasteiger partial charge >= 0.3 is 0 Å². The molecule has 2 amide bonds. The number of anilines is 1. The maximum absolute atomic E-state index is 14.4. The Morgan fingerprint density at radius 2 is 1.57 bits per heavy atom. The number of sulfonamides is 1. The molecule has 44 heavy (non-hydrogen) atoms. The fraction of sp³-hybridized carbons (Fsp3) is 0.212. The Bertz CT molecular complexity index is 1690. The number of methoxy groups -OCH3 is 1. The third kappa shape index (κ3) is 8.11. The zero-order valence-corrected chi connectivity index (χ0v) is 26.6. The van der Waals surface area contributed by atoms with E-state index >= 15 is 0 Å². The van der Waals surface area contributed by atoms with Crippen LogP contribution >= 0.6 is 23.2 Å². The number of carbonyl (C=O) groups is 2. The van der Waals surface area contributed by atoms with Crippen LogP contribution in [0, 0.1) is 0 Å². The van der Waals surface area contributed by atoms with Crippen LogP contribution in [0.25, 0.3) is 0 Å². The van der Waals surface area contributed by atoms with Gasteiger partial charge in [-0.2, -0.15) is 0 Å². The smallest absolute Gasteiger partial charge is 0.264 e. The van der Waals surface area contributed by atoms with Crippen LogP contribution in [0.4, 0.5) is 5.69 Å². The monoisotopic (exact) mass is 653 g/mol. The molecule has 0 saturated heterocycles. The molecule has 11 heteroatoms. The van der Waals surface area contributed by atoms with E-state index in [0.717, 1.165) is 9.87 Å². The van der Waals surface area contributed by atoms with Gasteiger partial charge in [0.05, 0.1) is 17.7 Å². The summed E-state index contributed by atoms with van der Waals surface area (Å²) in [5.41, 5.74) is 1.60. The topological polar surface area (TPSA) is 96.0 Å². The molecule has 1 N–H and O–H groups in total. The number of benzene rings is 4. The van der Waals surface area contributed by atoms with Gasteiger partial charge < -0.3 is 15.0 Å². The second kappa shape index (κ2) is 15.1. The van der Waals surface area contributed by atoms with Crippen LogP contribution in [0.15, 0.2) is 108 Å². The second-order valence-electron chi connectivity index (χ2n) is 9.88. The fourth-order valence-corrected chi connectivity index (χ4v) is 6.59. The Morgan fingerprint density at radius 3 is 2.20 bits per heavy atom. The lowest BCUT2D eigenvalue weighted by atomic mass is 10.0. The van der Waals surface area contributed by atoms with Crippen LogP contribution in [0.1, 0.15) is 18.1 Å². The number of carbonyl (C=O) groups excluding carboxylic acids is 2. The Kier molecular flexibility index (Phi) is 11.3. The third-order valence-electron chi connectivity index (χ3n) is 6.93. The highest BCUT2D eigenvalue weighted by molar-refractivity contribution is 7.92. The molecule has 0 radical (unpaired) electrons. The van der Waals surface area contributed by atoms with Crippen molar-refractivity contribution in [2.45, 2.75) is 30.8 Å². The Hall–Kier alpha value is -4.05. The lowest BCUT2D eigenvalue weighted by Crippen LogP contribution is -2.53. The maximum Gasteiger partial charge on any atom is 0.264 e. The average Bonchev–Trinajstić information content (AvgIpc) is 3.03. The summed E-state index contributed by atoms with van der Waals surface area (Å²) in [5, 5.41) is 3.56. The number of halogens is 2. The molecule has 1 atom stereocenters. The zero-order valence-electron chi connectivity index (χ0n) is 24.3. The summed E-state index contributed by atoms with van der Waals surface area (Å²) < 4.78 is 34.4. The van der Waals surface area contributed by atoms with E-state index in [9.17, 15) is 18.0 Å². The summed E-state index contributed by atoms with van der Waals surface area (Å²) in [6.07, 6.45) is 0.189. The summed E-state index contributed by atoms with van der Waals surface area (Å²) in [7, 11) is -2.75. The SMILES string of the molecule is CCNC(=O)[C@@H](Cc1ccccc1)N(Cc1ccc(Cl)cc1Cl)C(=O)CN(c1cccc(OC)c1)S(=O)(=O)c1ccccc1. The van der Waals surface area contributed by atoms with Gasteiger partial charge in [-0.15, -0.1) is 0 Å². The van der Waals surface area contributed by atoms with Gasteiger partial charge in [0.1, 0.15) is 18.3 Å². The summed E-state index contributed by atoms with van der Waals surface area (Å²) in [6, 6.07) is 27.5. The van der Waals surface area contributed by atoms with Gasteiger partial charge in [-0.05, 0) is 54.4 Å². The lowest BCUT2D eigenvalue weighted by molar-refractivity contribution is -0.140. The summed E-state index contributed by atoms with van der Waals surface area (Å²) in [4.78, 5) is 29.4. The Balaban J connectivity index is 1.82. The van der Waals surface area contributed by atoms with Crippen molar-refractivity contribution < 1.29 is 22.7 Å². The van der Waals surface area contributed by atoms with Crippen molar-refractivity contribution in [2.24, 2.45) is 0 Å². The highest BCUT2D eigenvalue weighted by Gasteiger charge is 2.35. The highest BCUT2D eigenvalue weighted by Crippen LogP contribution is 2.29. The molecule has 0 saturated carbocycles. The number of likely N-dealkylation sites (N-methyl/N-ethyl adjacent to an activating group) is 1. The number of hydrogen-bond donors (Lipinski definition) is 1. The van der Waals surface area contributed by atoms with Gasteiger partial charge in [0.2, 0.25) is 11.8 Å². The summed E-state index contributed by atoms with van der Waals surface area (Å²) >= 11 is 12.7. The number of hydrogen-bond acceptors (Lipinski definition) is 5. The molecule has 0 unspecified atom stereocenters. The zero-order chi connectivity index (χ0) is 31.7. The number of nitrogens with zero attached hydrogens (tertiary/aromatic N) is 2. The second-order valence-corrected chi connectivity index (χ2v) is 12.6. The van der Waals surface area contributed by atoms with Crippen LogP contribution < -0.4 is 14.4 Å². The van der Waals surface area contributed by atoms with Crippen LogP contribution in [-0.2, 0) is 32.6 Å². The van der Waals surface area contributed by atoms with E-state index in [1.165, 1.54) is 24.1 Å². The number of ether oxygens (including phenoxy) is 1. The van der Waals surface area contributed by atoms with Crippen LogP contribution in [0.3, 0.4) is 0 Å². The molecule has 0 heterocycles. The molecule has 0 aliphatic rings. The van der Waals surface area contributed by atoms with Crippen molar-refractivity contribution in [1.82, 2.24) is 10.2 Å². The van der Waals surface area contributed by atoms with Crippen molar-refractivity contribution in [1.29, 1.82) is 0 Å². The van der Waals surface area contributed by atoms with Crippen molar-refractivity contribution in [3.8, 4) is 5.75 Å². The van der Waals surface area contributed by atoms with Crippen LogP contribution in [0.2, 0.25) is 10.0 Å². The molecular weight excluding hydrogens is 621 g/mol. The molecule has 4 aromatic rings. The first-order valence-corrected chi connectivity index (χ1v) is 16.1. The first kappa shape index (κ1) is 32.9. The highest BCUT2D eigenvalue weighted by atomic mass is 35.5. The number of rotatable bonds is 13. The normalized spacial score (nSPS) is 11.8. The van der Waals surface area contributed by atoms with Crippen molar-refractivity contribution in [3.63, 3.8) is 0 Å². The molecule has 8 nitrogen and oxygen atoms in total. The van der Waals surface area contributed by atoms with E-state index in [2.05, 4.69) is 5.32 Å². The molecule has 0 spiro atoms. The number of amides is 2. The summed E-state index contributed by atoms with van der Waals surface area (Å²) in [6.45, 7) is 1.46. The molecule has 0 aromatic heterocycles.